The molecule has 0 aliphatic carbocycles. The number of nitrogens with two attached hydrogens (primary N) is 1. The second kappa shape index (κ2) is 6.33. The fraction of sp³-hybridized carbons (Fsp3) is 0.125. The second-order valence-corrected chi connectivity index (χ2v) is 5.99. The van der Waals surface area contributed by atoms with Crippen LogP contribution in [-0.4, -0.2) is 34.5 Å². The summed E-state index contributed by atoms with van der Waals surface area (Å²) in [5.74, 6) is -1.81. The third kappa shape index (κ3) is 2.90. The second-order valence-electron chi connectivity index (χ2n) is 5.99. The monoisotopic (exact) mass is 386 g/mol. The molecular weight excluding hydrogens is 374 g/mol. The molecule has 0 aliphatic heterocycles. The van der Waals surface area contributed by atoms with Gasteiger partial charge < -0.3 is 5.73 Å². The maximum atomic E-state index is 14.2. The molecule has 0 unspecified atom stereocenters. The minimum absolute atomic E-state index is 0.0675. The van der Waals surface area contributed by atoms with Crippen molar-refractivity contribution in [1.82, 2.24) is 29.5 Å². The lowest BCUT2D eigenvalue weighted by atomic mass is 10.1. The highest BCUT2D eigenvalue weighted by molar-refractivity contribution is 5.83. The molecule has 12 heteroatoms. The average Bonchev–Trinajstić information content (AvgIpc) is 3.23. The molecule has 0 fully saturated rings. The van der Waals surface area contributed by atoms with E-state index in [0.717, 1.165) is 5.69 Å². The lowest BCUT2D eigenvalue weighted by Gasteiger charge is -2.08. The summed E-state index contributed by atoms with van der Waals surface area (Å²) in [6, 6.07) is 3.09. The molecule has 0 spiro atoms. The van der Waals surface area contributed by atoms with Crippen molar-refractivity contribution in [2.45, 2.75) is 13.5 Å². The quantitative estimate of drug-likeness (QED) is 0.420. The van der Waals surface area contributed by atoms with E-state index < -0.39 is 22.2 Å². The van der Waals surface area contributed by atoms with Gasteiger partial charge in [-0.15, -0.1) is 0 Å². The number of nitro benzene ring substituents is 1. The minimum Gasteiger partial charge on any atom is -0.368 e. The number of non-ortho nitro benzene ring substituents is 1. The third-order valence-corrected chi connectivity index (χ3v) is 4.08. The first-order chi connectivity index (χ1) is 13.3. The zero-order chi connectivity index (χ0) is 20.0. The van der Waals surface area contributed by atoms with Crippen LogP contribution in [0.1, 0.15) is 11.3 Å². The standard InChI is InChI=1S/C16H12F2N8O2/c1-8-2-3-24(23-8)14-10-6-20-25(15(10)22-16(19)21-14)7-11-12(17)4-9(26(27)28)5-13(11)18/h2-6H,7H2,1H3,(H2,19,21,22). The fourth-order valence-electron chi connectivity index (χ4n) is 2.78. The molecule has 4 rings (SSSR count). The molecule has 0 amide bonds. The average molecular weight is 386 g/mol. The summed E-state index contributed by atoms with van der Waals surface area (Å²) in [6.45, 7) is 1.47. The number of halogens is 2. The number of nitrogen functional groups attached to an aromatic ring is 1. The molecule has 0 saturated heterocycles. The number of nitro groups is 1. The van der Waals surface area contributed by atoms with Crippen molar-refractivity contribution in [3.05, 3.63) is 63.6 Å². The predicted octanol–water partition coefficient (Wildman–Crippen LogP) is 2.14. The first-order valence-corrected chi connectivity index (χ1v) is 7.97. The number of anilines is 1. The molecule has 0 atom stereocenters. The van der Waals surface area contributed by atoms with Gasteiger partial charge in [0.05, 0.1) is 40.9 Å². The first kappa shape index (κ1) is 17.5. The number of fused-ring (bicyclic) bond motifs is 1. The van der Waals surface area contributed by atoms with Crippen LogP contribution in [0.2, 0.25) is 0 Å². The largest absolute Gasteiger partial charge is 0.368 e. The van der Waals surface area contributed by atoms with Gasteiger partial charge in [-0.2, -0.15) is 20.2 Å². The topological polar surface area (TPSA) is 131 Å². The Hall–Kier alpha value is -3.96. The van der Waals surface area contributed by atoms with Crippen LogP contribution < -0.4 is 5.73 Å². The van der Waals surface area contributed by atoms with E-state index in [-0.39, 0.29) is 23.7 Å². The highest BCUT2D eigenvalue weighted by atomic mass is 19.1. The van der Waals surface area contributed by atoms with Gasteiger partial charge >= 0.3 is 0 Å². The molecular formula is C16H12F2N8O2. The Morgan fingerprint density at radius 2 is 1.96 bits per heavy atom. The molecule has 0 aliphatic rings. The van der Waals surface area contributed by atoms with Crippen LogP contribution in [0, 0.1) is 28.7 Å². The molecule has 0 saturated carbocycles. The van der Waals surface area contributed by atoms with E-state index in [1.54, 1.807) is 12.3 Å². The summed E-state index contributed by atoms with van der Waals surface area (Å²) in [4.78, 5) is 18.1. The molecule has 3 aromatic heterocycles. The Kier molecular flexibility index (Phi) is 3.95. The molecule has 28 heavy (non-hydrogen) atoms. The summed E-state index contributed by atoms with van der Waals surface area (Å²) in [7, 11) is 0. The van der Waals surface area contributed by atoms with Crippen LogP contribution in [0.5, 0.6) is 0 Å². The van der Waals surface area contributed by atoms with Gasteiger partial charge in [-0.05, 0) is 13.0 Å². The normalized spacial score (nSPS) is 11.2. The van der Waals surface area contributed by atoms with E-state index in [1.165, 1.54) is 15.6 Å². The molecule has 4 aromatic rings. The molecule has 142 valence electrons. The van der Waals surface area contributed by atoms with Crippen molar-refractivity contribution in [1.29, 1.82) is 0 Å². The number of aryl methyl sites for hydroxylation is 1. The summed E-state index contributed by atoms with van der Waals surface area (Å²) in [5, 5.41) is 19.6. The van der Waals surface area contributed by atoms with Crippen LogP contribution in [0.3, 0.4) is 0 Å². The van der Waals surface area contributed by atoms with Gasteiger partial charge in [-0.3, -0.25) is 10.1 Å². The maximum absolute atomic E-state index is 14.2. The maximum Gasteiger partial charge on any atom is 0.275 e. The van der Waals surface area contributed by atoms with E-state index in [0.29, 0.717) is 23.3 Å². The van der Waals surface area contributed by atoms with Crippen LogP contribution in [0.25, 0.3) is 16.9 Å². The van der Waals surface area contributed by atoms with E-state index >= 15 is 0 Å². The number of benzene rings is 1. The van der Waals surface area contributed by atoms with Crippen molar-refractivity contribution in [2.24, 2.45) is 0 Å². The van der Waals surface area contributed by atoms with Crippen LogP contribution in [0.4, 0.5) is 20.4 Å². The number of aromatic nitrogens is 6. The number of nitrogens with zero attached hydrogens (tertiary/aromatic N) is 7. The highest BCUT2D eigenvalue weighted by Gasteiger charge is 2.20. The van der Waals surface area contributed by atoms with Crippen molar-refractivity contribution in [2.75, 3.05) is 5.73 Å². The van der Waals surface area contributed by atoms with Gasteiger partial charge in [-0.25, -0.2) is 18.1 Å². The number of hydrogen-bond donors (Lipinski definition) is 1. The lowest BCUT2D eigenvalue weighted by Crippen LogP contribution is -2.10. The van der Waals surface area contributed by atoms with Crippen LogP contribution in [-0.2, 0) is 6.54 Å². The zero-order valence-corrected chi connectivity index (χ0v) is 14.4. The minimum atomic E-state index is -1.06. The van der Waals surface area contributed by atoms with Gasteiger partial charge in [0, 0.05) is 11.8 Å². The Morgan fingerprint density at radius 1 is 1.25 bits per heavy atom. The van der Waals surface area contributed by atoms with Gasteiger partial charge in [0.25, 0.3) is 5.69 Å². The summed E-state index contributed by atoms with van der Waals surface area (Å²) >= 11 is 0. The van der Waals surface area contributed by atoms with Gasteiger partial charge in [0.15, 0.2) is 11.5 Å². The molecule has 1 aromatic carbocycles. The summed E-state index contributed by atoms with van der Waals surface area (Å²) in [5.41, 5.74) is 5.72. The molecule has 2 N–H and O–H groups in total. The summed E-state index contributed by atoms with van der Waals surface area (Å²) < 4.78 is 31.2. The smallest absolute Gasteiger partial charge is 0.275 e. The Balaban J connectivity index is 1.81. The number of hydrogen-bond acceptors (Lipinski definition) is 7. The van der Waals surface area contributed by atoms with Gasteiger partial charge in [-0.1, -0.05) is 0 Å². The van der Waals surface area contributed by atoms with Crippen molar-refractivity contribution in [3.63, 3.8) is 0 Å². The SMILES string of the molecule is Cc1ccn(-c2nc(N)nc3c2cnn3Cc2c(F)cc([N+](=O)[O-])cc2F)n1. The van der Waals surface area contributed by atoms with E-state index in [9.17, 15) is 18.9 Å². The molecule has 0 bridgehead atoms. The third-order valence-electron chi connectivity index (χ3n) is 4.08. The Labute approximate surface area is 155 Å². The van der Waals surface area contributed by atoms with E-state index in [2.05, 4.69) is 20.2 Å². The van der Waals surface area contributed by atoms with Crippen LogP contribution >= 0.6 is 0 Å². The van der Waals surface area contributed by atoms with Crippen molar-refractivity contribution < 1.29 is 13.7 Å². The molecule has 10 nitrogen and oxygen atoms in total. The van der Waals surface area contributed by atoms with Crippen molar-refractivity contribution >= 4 is 22.7 Å². The van der Waals surface area contributed by atoms with Crippen LogP contribution in [0.15, 0.2) is 30.6 Å². The first-order valence-electron chi connectivity index (χ1n) is 7.97. The molecule has 3 heterocycles. The Bertz CT molecular complexity index is 1210. The van der Waals surface area contributed by atoms with E-state index in [4.69, 9.17) is 5.73 Å². The van der Waals surface area contributed by atoms with Gasteiger partial charge in [0.1, 0.15) is 11.6 Å². The molecule has 0 radical (unpaired) electrons. The Morgan fingerprint density at radius 3 is 2.57 bits per heavy atom. The zero-order valence-electron chi connectivity index (χ0n) is 14.4. The predicted molar refractivity (Wildman–Crippen MR) is 93.7 cm³/mol. The summed E-state index contributed by atoms with van der Waals surface area (Å²) in [6.07, 6.45) is 3.12. The number of rotatable bonds is 4. The van der Waals surface area contributed by atoms with Crippen molar-refractivity contribution in [3.8, 4) is 5.82 Å². The van der Waals surface area contributed by atoms with E-state index in [1.807, 2.05) is 6.92 Å². The highest BCUT2D eigenvalue weighted by Crippen LogP contribution is 2.24. The fourth-order valence-corrected chi connectivity index (χ4v) is 2.78. The van der Waals surface area contributed by atoms with Gasteiger partial charge in [0.2, 0.25) is 5.95 Å². The lowest BCUT2D eigenvalue weighted by molar-refractivity contribution is -0.385.